The van der Waals surface area contributed by atoms with Crippen molar-refractivity contribution in [2.75, 3.05) is 17.7 Å². The number of nitrogens with zero attached hydrogens (tertiary/aromatic N) is 4. The van der Waals surface area contributed by atoms with Crippen LogP contribution in [0.5, 0.6) is 0 Å². The van der Waals surface area contributed by atoms with Gasteiger partial charge in [-0.3, -0.25) is 4.34 Å². The van der Waals surface area contributed by atoms with Crippen LogP contribution in [0, 0.1) is 6.92 Å². The van der Waals surface area contributed by atoms with Gasteiger partial charge in [0.1, 0.15) is 28.7 Å². The second-order valence-corrected chi connectivity index (χ2v) is 7.15. The van der Waals surface area contributed by atoms with Crippen LogP contribution in [0.2, 0.25) is 0 Å². The number of pyridine rings is 2. The minimum Gasteiger partial charge on any atom is -0.386 e. The number of halogens is 4. The summed E-state index contributed by atoms with van der Waals surface area (Å²) in [5.41, 5.74) is 1.15. The van der Waals surface area contributed by atoms with E-state index >= 15 is 0 Å². The first-order chi connectivity index (χ1) is 11.8. The molecule has 0 spiro atoms. The number of fused-ring (bicyclic) bond motifs is 1. The van der Waals surface area contributed by atoms with Gasteiger partial charge in [0, 0.05) is 13.1 Å². The van der Waals surface area contributed by atoms with Crippen molar-refractivity contribution in [2.24, 2.45) is 0 Å². The summed E-state index contributed by atoms with van der Waals surface area (Å²) in [7, 11) is 1.75. The number of hydrogen-bond acceptors (Lipinski definition) is 5. The molecule has 0 radical (unpaired) electrons. The predicted octanol–water partition coefficient (Wildman–Crippen LogP) is 4.73. The quantitative estimate of drug-likeness (QED) is 0.418. The topological polar surface area (TPSA) is 67.7 Å². The van der Waals surface area contributed by atoms with E-state index in [4.69, 9.17) is 0 Å². The largest absolute Gasteiger partial charge is 0.433 e. The van der Waals surface area contributed by atoms with E-state index in [1.807, 2.05) is 11.3 Å². The van der Waals surface area contributed by atoms with Gasteiger partial charge in [-0.1, -0.05) is 6.07 Å². The highest BCUT2D eigenvalue weighted by Gasteiger charge is 2.32. The van der Waals surface area contributed by atoms with E-state index in [-0.39, 0.29) is 5.82 Å². The molecule has 0 aliphatic carbocycles. The van der Waals surface area contributed by atoms with Gasteiger partial charge in [0.2, 0.25) is 0 Å². The normalized spacial score (nSPS) is 12.2. The summed E-state index contributed by atoms with van der Waals surface area (Å²) < 4.78 is 40.4. The summed E-state index contributed by atoms with van der Waals surface area (Å²) in [6, 6.07) is 5.38. The van der Waals surface area contributed by atoms with Gasteiger partial charge in [0.05, 0.1) is 12.1 Å². The standard InChI is InChI=1S/C14H13F3IN6P/c1-7-20-12-8(19-2)6-11(23-13(12)24(7)25-18)22-10-5-3-4-9(21-10)14(15,16)17/h3-6,25H,1-2H3,(H2,19,21,22,23). The fourth-order valence-electron chi connectivity index (χ4n) is 2.31. The molecule has 3 aromatic heterocycles. The third-order valence-corrected chi connectivity index (χ3v) is 5.58. The molecule has 6 nitrogen and oxygen atoms in total. The molecule has 1 atom stereocenters. The minimum atomic E-state index is -4.50. The van der Waals surface area contributed by atoms with Gasteiger partial charge in [-0.25, -0.2) is 15.0 Å². The first-order valence-corrected chi connectivity index (χ1v) is 11.2. The van der Waals surface area contributed by atoms with Crippen LogP contribution in [-0.4, -0.2) is 26.3 Å². The average Bonchev–Trinajstić information content (AvgIpc) is 2.88. The number of alkyl halides is 3. The first-order valence-electron chi connectivity index (χ1n) is 7.09. The molecule has 3 aromatic rings. The molecule has 25 heavy (non-hydrogen) atoms. The van der Waals surface area contributed by atoms with E-state index in [0.717, 1.165) is 17.6 Å². The molecule has 0 bridgehead atoms. The van der Waals surface area contributed by atoms with E-state index in [1.165, 1.54) is 12.1 Å². The van der Waals surface area contributed by atoms with Gasteiger partial charge in [0.15, 0.2) is 5.65 Å². The number of aromatic nitrogens is 4. The predicted molar refractivity (Wildman–Crippen MR) is 102 cm³/mol. The third-order valence-electron chi connectivity index (χ3n) is 3.43. The Morgan fingerprint density at radius 3 is 2.56 bits per heavy atom. The molecule has 0 aliphatic heterocycles. The van der Waals surface area contributed by atoms with Gasteiger partial charge in [-0.2, -0.15) is 13.2 Å². The summed E-state index contributed by atoms with van der Waals surface area (Å²) in [5, 5.41) is 5.88. The van der Waals surface area contributed by atoms with Crippen molar-refractivity contribution < 1.29 is 13.2 Å². The molecule has 132 valence electrons. The van der Waals surface area contributed by atoms with E-state index < -0.39 is 11.9 Å². The lowest BCUT2D eigenvalue weighted by Crippen LogP contribution is -2.09. The van der Waals surface area contributed by atoms with Crippen LogP contribution < -0.4 is 10.6 Å². The van der Waals surface area contributed by atoms with E-state index in [9.17, 15) is 13.2 Å². The fourth-order valence-corrected chi connectivity index (χ4v) is 4.45. The molecule has 0 fully saturated rings. The zero-order valence-corrected chi connectivity index (χ0v) is 16.3. The molecule has 0 saturated heterocycles. The van der Waals surface area contributed by atoms with Gasteiger partial charge in [0.25, 0.3) is 0 Å². The van der Waals surface area contributed by atoms with Crippen molar-refractivity contribution in [2.45, 2.75) is 13.1 Å². The molecule has 2 N–H and O–H groups in total. The smallest absolute Gasteiger partial charge is 0.386 e. The molecule has 0 amide bonds. The van der Waals surface area contributed by atoms with Crippen molar-refractivity contribution in [3.8, 4) is 0 Å². The number of rotatable bonds is 4. The highest BCUT2D eigenvalue weighted by molar-refractivity contribution is 14.2. The van der Waals surface area contributed by atoms with Crippen LogP contribution in [-0.2, 0) is 6.18 Å². The Kier molecular flexibility index (Phi) is 5.01. The number of nitrogens with one attached hydrogen (secondary N) is 2. The number of hydrogen-bond donors (Lipinski definition) is 2. The fraction of sp³-hybridized carbons (Fsp3) is 0.214. The van der Waals surface area contributed by atoms with Crippen LogP contribution >= 0.6 is 28.4 Å². The maximum Gasteiger partial charge on any atom is 0.433 e. The molecular formula is C14H13F3IN6P. The Balaban J connectivity index is 2.05. The van der Waals surface area contributed by atoms with Crippen molar-refractivity contribution in [3.05, 3.63) is 35.8 Å². The summed E-state index contributed by atoms with van der Waals surface area (Å²) in [4.78, 5) is 12.6. The van der Waals surface area contributed by atoms with Gasteiger partial charge < -0.3 is 10.6 Å². The Labute approximate surface area is 156 Å². The lowest BCUT2D eigenvalue weighted by molar-refractivity contribution is -0.141. The van der Waals surface area contributed by atoms with Crippen LogP contribution in [0.4, 0.5) is 30.5 Å². The number of imidazole rings is 1. The van der Waals surface area contributed by atoms with Gasteiger partial charge in [-0.05, 0) is 41.1 Å². The molecule has 0 aliphatic rings. The maximum atomic E-state index is 12.8. The monoisotopic (exact) mass is 480 g/mol. The first kappa shape index (κ1) is 18.1. The van der Waals surface area contributed by atoms with Crippen LogP contribution in [0.15, 0.2) is 24.3 Å². The third kappa shape index (κ3) is 3.64. The molecule has 0 saturated carbocycles. The number of anilines is 3. The molecule has 1 unspecified atom stereocenters. The second-order valence-electron chi connectivity index (χ2n) is 5.09. The zero-order chi connectivity index (χ0) is 18.2. The van der Waals surface area contributed by atoms with Crippen LogP contribution in [0.1, 0.15) is 11.5 Å². The zero-order valence-electron chi connectivity index (χ0n) is 13.1. The second kappa shape index (κ2) is 6.91. The lowest BCUT2D eigenvalue weighted by Gasteiger charge is -2.11. The van der Waals surface area contributed by atoms with E-state index in [1.54, 1.807) is 13.1 Å². The molecule has 11 heteroatoms. The number of aryl methyl sites for hydroxylation is 1. The Bertz CT molecular complexity index is 927. The lowest BCUT2D eigenvalue weighted by atomic mass is 10.3. The average molecular weight is 480 g/mol. The van der Waals surface area contributed by atoms with Crippen LogP contribution in [0.25, 0.3) is 11.2 Å². The van der Waals surface area contributed by atoms with E-state index in [2.05, 4.69) is 47.6 Å². The molecule has 3 rings (SSSR count). The Morgan fingerprint density at radius 2 is 1.92 bits per heavy atom. The molecule has 0 aromatic carbocycles. The highest BCUT2D eigenvalue weighted by atomic mass is 127. The summed E-state index contributed by atoms with van der Waals surface area (Å²) in [6.45, 7) is 1.88. The SMILES string of the molecule is CNc1cc(Nc2cccc(C(F)(F)F)n2)nc2c1nc(C)n2PI. The van der Waals surface area contributed by atoms with Crippen molar-refractivity contribution >= 4 is 56.9 Å². The molecule has 3 heterocycles. The Hall–Kier alpha value is -1.68. The van der Waals surface area contributed by atoms with Gasteiger partial charge in [-0.15, -0.1) is 0 Å². The molecular weight excluding hydrogens is 467 g/mol. The van der Waals surface area contributed by atoms with Crippen molar-refractivity contribution in [1.29, 1.82) is 0 Å². The minimum absolute atomic E-state index is 0.0726. The Morgan fingerprint density at radius 1 is 1.16 bits per heavy atom. The van der Waals surface area contributed by atoms with Gasteiger partial charge >= 0.3 is 6.18 Å². The van der Waals surface area contributed by atoms with E-state index in [0.29, 0.717) is 23.4 Å². The van der Waals surface area contributed by atoms with Crippen molar-refractivity contribution in [1.82, 2.24) is 19.3 Å². The summed E-state index contributed by atoms with van der Waals surface area (Å²) >= 11 is 2.23. The highest BCUT2D eigenvalue weighted by Crippen LogP contribution is 2.34. The summed E-state index contributed by atoms with van der Waals surface area (Å²) in [6.07, 6.45) is -4.10. The van der Waals surface area contributed by atoms with Crippen LogP contribution in [0.3, 0.4) is 0 Å². The van der Waals surface area contributed by atoms with Crippen molar-refractivity contribution in [3.63, 3.8) is 0 Å². The summed E-state index contributed by atoms with van der Waals surface area (Å²) in [5.74, 6) is 1.28. The maximum absolute atomic E-state index is 12.8.